The molecule has 2 heterocycles. The molecule has 6 nitrogen and oxygen atoms in total. The van der Waals surface area contributed by atoms with E-state index >= 15 is 0 Å². The van der Waals surface area contributed by atoms with Crippen LogP contribution in [0.25, 0.3) is 0 Å². The van der Waals surface area contributed by atoms with Crippen molar-refractivity contribution < 1.29 is 9.66 Å². The van der Waals surface area contributed by atoms with Crippen LogP contribution in [0.3, 0.4) is 0 Å². The normalized spacial score (nSPS) is 10.3. The van der Waals surface area contributed by atoms with Crippen molar-refractivity contribution in [3.63, 3.8) is 0 Å². The molecule has 0 bridgehead atoms. The predicted molar refractivity (Wildman–Crippen MR) is 76.6 cm³/mol. The minimum Gasteiger partial charge on any atom is -0.484 e. The van der Waals surface area contributed by atoms with Gasteiger partial charge in [0.05, 0.1) is 16.2 Å². The van der Waals surface area contributed by atoms with Crippen LogP contribution in [-0.4, -0.2) is 14.9 Å². The number of nitrogens with zero attached hydrogens (tertiary/aromatic N) is 3. The van der Waals surface area contributed by atoms with Crippen LogP contribution in [-0.2, 0) is 6.61 Å². The van der Waals surface area contributed by atoms with Crippen LogP contribution < -0.4 is 4.74 Å². The molecule has 0 aliphatic heterocycles. The largest absolute Gasteiger partial charge is 0.484 e. The van der Waals surface area contributed by atoms with Gasteiger partial charge in [0.1, 0.15) is 11.2 Å². The molecule has 2 rings (SSSR count). The van der Waals surface area contributed by atoms with Gasteiger partial charge in [-0.2, -0.15) is 0 Å². The molecule has 0 N–H and O–H groups in total. The van der Waals surface area contributed by atoms with E-state index in [1.165, 1.54) is 6.20 Å². The van der Waals surface area contributed by atoms with E-state index in [0.717, 1.165) is 0 Å². The van der Waals surface area contributed by atoms with Gasteiger partial charge in [0.15, 0.2) is 5.75 Å². The molecule has 0 atom stereocenters. The summed E-state index contributed by atoms with van der Waals surface area (Å²) in [6, 6.07) is 3.51. The molecule has 0 saturated heterocycles. The maximum atomic E-state index is 11.0. The summed E-state index contributed by atoms with van der Waals surface area (Å²) in [6.07, 6.45) is 3.12. The molecule has 0 fully saturated rings. The van der Waals surface area contributed by atoms with Crippen molar-refractivity contribution in [2.45, 2.75) is 20.5 Å². The Hall–Kier alpha value is -2.02. The minimum atomic E-state index is -0.393. The highest BCUT2D eigenvalue weighted by Crippen LogP contribution is 2.26. The number of aryl methyl sites for hydroxylation is 1. The number of hydrogen-bond acceptors (Lipinski definition) is 5. The average molecular weight is 338 g/mol. The van der Waals surface area contributed by atoms with Crippen molar-refractivity contribution in [2.24, 2.45) is 0 Å². The number of ether oxygens (including phenoxy) is 1. The van der Waals surface area contributed by atoms with Gasteiger partial charge in [-0.1, -0.05) is 0 Å². The van der Waals surface area contributed by atoms with Crippen LogP contribution >= 0.6 is 15.9 Å². The minimum absolute atomic E-state index is 0.0869. The van der Waals surface area contributed by atoms with E-state index in [9.17, 15) is 10.1 Å². The van der Waals surface area contributed by atoms with Gasteiger partial charge >= 0.3 is 0 Å². The fraction of sp³-hybridized carbons (Fsp3) is 0.231. The van der Waals surface area contributed by atoms with Crippen molar-refractivity contribution in [2.75, 3.05) is 0 Å². The van der Waals surface area contributed by atoms with Crippen LogP contribution in [0.4, 0.5) is 5.69 Å². The highest BCUT2D eigenvalue weighted by molar-refractivity contribution is 9.10. The quantitative estimate of drug-likeness (QED) is 0.485. The Morgan fingerprint density at radius 3 is 2.80 bits per heavy atom. The zero-order chi connectivity index (χ0) is 14.7. The molecule has 20 heavy (non-hydrogen) atoms. The van der Waals surface area contributed by atoms with Gasteiger partial charge in [0, 0.05) is 18.0 Å². The average Bonchev–Trinajstić information content (AvgIpc) is 2.39. The second-order valence-corrected chi connectivity index (χ2v) is 4.95. The second-order valence-electron chi connectivity index (χ2n) is 4.20. The van der Waals surface area contributed by atoms with E-state index in [1.807, 2.05) is 0 Å². The van der Waals surface area contributed by atoms with Crippen LogP contribution in [0.15, 0.2) is 29.1 Å². The van der Waals surface area contributed by atoms with Gasteiger partial charge in [-0.15, -0.1) is 0 Å². The lowest BCUT2D eigenvalue weighted by Crippen LogP contribution is -2.05. The number of halogens is 1. The van der Waals surface area contributed by atoms with Crippen molar-refractivity contribution in [1.82, 2.24) is 9.97 Å². The summed E-state index contributed by atoms with van der Waals surface area (Å²) in [5.41, 5.74) is 1.69. The van der Waals surface area contributed by atoms with Crippen LogP contribution in [0, 0.1) is 24.0 Å². The van der Waals surface area contributed by atoms with E-state index in [0.29, 0.717) is 27.2 Å². The summed E-state index contributed by atoms with van der Waals surface area (Å²) in [7, 11) is 0. The molecule has 0 radical (unpaired) electrons. The Kier molecular flexibility index (Phi) is 4.29. The van der Waals surface area contributed by atoms with Crippen LogP contribution in [0.2, 0.25) is 0 Å². The first-order valence-electron chi connectivity index (χ1n) is 5.83. The molecule has 7 heteroatoms. The van der Waals surface area contributed by atoms with Crippen molar-refractivity contribution in [1.29, 1.82) is 0 Å². The summed E-state index contributed by atoms with van der Waals surface area (Å²) in [5.74, 6) is 0.567. The van der Waals surface area contributed by atoms with Crippen molar-refractivity contribution in [3.05, 3.63) is 56.1 Å². The standard InChI is InChI=1S/C13H12BrN3O3/c1-8-6-16-10(9(2)12(8)17(18)19)7-20-11-4-3-5-15-13(11)14/h3-6H,7H2,1-2H3. The Morgan fingerprint density at radius 2 is 2.15 bits per heavy atom. The molecule has 0 aromatic carbocycles. The molecule has 0 saturated carbocycles. The lowest BCUT2D eigenvalue weighted by atomic mass is 10.1. The van der Waals surface area contributed by atoms with Gasteiger partial charge < -0.3 is 4.74 Å². The highest BCUT2D eigenvalue weighted by Gasteiger charge is 2.19. The van der Waals surface area contributed by atoms with E-state index in [1.54, 1.807) is 32.2 Å². The summed E-state index contributed by atoms with van der Waals surface area (Å²) in [5, 5.41) is 11.0. The molecule has 0 aliphatic rings. The SMILES string of the molecule is Cc1cnc(COc2cccnc2Br)c(C)c1[N+](=O)[O-]. The van der Waals surface area contributed by atoms with E-state index in [2.05, 4.69) is 25.9 Å². The van der Waals surface area contributed by atoms with Crippen LogP contribution in [0.1, 0.15) is 16.8 Å². The van der Waals surface area contributed by atoms with Gasteiger partial charge in [0.2, 0.25) is 0 Å². The molecule has 104 valence electrons. The molecule has 2 aromatic rings. The first kappa shape index (κ1) is 14.4. The first-order valence-corrected chi connectivity index (χ1v) is 6.62. The lowest BCUT2D eigenvalue weighted by molar-refractivity contribution is -0.386. The summed E-state index contributed by atoms with van der Waals surface area (Å²) in [4.78, 5) is 18.9. The highest BCUT2D eigenvalue weighted by atomic mass is 79.9. The molecule has 0 spiro atoms. The summed E-state index contributed by atoms with van der Waals surface area (Å²) >= 11 is 3.27. The molecule has 0 aliphatic carbocycles. The molecule has 2 aromatic heterocycles. The Balaban J connectivity index is 2.25. The third-order valence-corrected chi connectivity index (χ3v) is 3.44. The molecular weight excluding hydrogens is 326 g/mol. The zero-order valence-electron chi connectivity index (χ0n) is 11.0. The number of pyridine rings is 2. The Labute approximate surface area is 124 Å². The monoisotopic (exact) mass is 337 g/mol. The van der Waals surface area contributed by atoms with E-state index < -0.39 is 4.92 Å². The van der Waals surface area contributed by atoms with E-state index in [4.69, 9.17) is 4.74 Å². The van der Waals surface area contributed by atoms with Gasteiger partial charge in [0.25, 0.3) is 5.69 Å². The number of rotatable bonds is 4. The number of hydrogen-bond donors (Lipinski definition) is 0. The van der Waals surface area contributed by atoms with Crippen molar-refractivity contribution in [3.8, 4) is 5.75 Å². The van der Waals surface area contributed by atoms with Gasteiger partial charge in [-0.3, -0.25) is 15.1 Å². The molecular formula is C13H12BrN3O3. The fourth-order valence-corrected chi connectivity index (χ4v) is 2.18. The zero-order valence-corrected chi connectivity index (χ0v) is 12.5. The smallest absolute Gasteiger partial charge is 0.278 e. The summed E-state index contributed by atoms with van der Waals surface area (Å²) in [6.45, 7) is 3.49. The van der Waals surface area contributed by atoms with Crippen LogP contribution in [0.5, 0.6) is 5.75 Å². The lowest BCUT2D eigenvalue weighted by Gasteiger charge is -2.10. The first-order chi connectivity index (χ1) is 9.50. The predicted octanol–water partition coefficient (Wildman–Crippen LogP) is 3.34. The van der Waals surface area contributed by atoms with Gasteiger partial charge in [-0.25, -0.2) is 4.98 Å². The second kappa shape index (κ2) is 5.96. The van der Waals surface area contributed by atoms with Crippen molar-refractivity contribution >= 4 is 21.6 Å². The molecule has 0 amide bonds. The number of nitro groups is 1. The topological polar surface area (TPSA) is 78.2 Å². The molecule has 0 unspecified atom stereocenters. The maximum absolute atomic E-state index is 11.0. The van der Waals surface area contributed by atoms with E-state index in [-0.39, 0.29) is 12.3 Å². The maximum Gasteiger partial charge on any atom is 0.278 e. The number of aromatic nitrogens is 2. The van der Waals surface area contributed by atoms with Gasteiger partial charge in [-0.05, 0) is 41.9 Å². The Morgan fingerprint density at radius 1 is 1.40 bits per heavy atom. The summed E-state index contributed by atoms with van der Waals surface area (Å²) < 4.78 is 6.17. The third-order valence-electron chi connectivity index (χ3n) is 2.85. The third kappa shape index (κ3) is 2.93. The Bertz CT molecular complexity index is 661. The fourth-order valence-electron chi connectivity index (χ4n) is 1.82.